The molecule has 8 nitrogen and oxygen atoms in total. The molecule has 164 valence electrons. The topological polar surface area (TPSA) is 100 Å². The van der Waals surface area contributed by atoms with Crippen LogP contribution in [0.5, 0.6) is 0 Å². The second-order valence-corrected chi connectivity index (χ2v) is 7.64. The van der Waals surface area contributed by atoms with Gasteiger partial charge in [0.25, 0.3) is 11.4 Å². The monoisotopic (exact) mass is 432 g/mol. The highest BCUT2D eigenvalue weighted by molar-refractivity contribution is 6.02. The van der Waals surface area contributed by atoms with Gasteiger partial charge in [-0.3, -0.25) is 4.79 Å². The summed E-state index contributed by atoms with van der Waals surface area (Å²) in [6.07, 6.45) is 0.892. The van der Waals surface area contributed by atoms with Gasteiger partial charge in [-0.15, -0.1) is 10.2 Å². The van der Waals surface area contributed by atoms with Gasteiger partial charge in [-0.25, -0.2) is 9.48 Å². The van der Waals surface area contributed by atoms with E-state index in [1.54, 1.807) is 31.2 Å². The number of carbonyl (C=O) groups is 1. The number of esters is 1. The summed E-state index contributed by atoms with van der Waals surface area (Å²) in [7, 11) is 0. The van der Waals surface area contributed by atoms with Crippen LogP contribution in [0.25, 0.3) is 22.2 Å². The molecule has 4 rings (SSSR count). The second kappa shape index (κ2) is 9.13. The Balaban J connectivity index is 1.60. The van der Waals surface area contributed by atoms with Gasteiger partial charge in [0, 0.05) is 17.5 Å². The van der Waals surface area contributed by atoms with Crippen molar-refractivity contribution in [2.24, 2.45) is 0 Å². The van der Waals surface area contributed by atoms with Gasteiger partial charge >= 0.3 is 5.97 Å². The number of hydrogen-bond acceptors (Lipinski definition) is 7. The molecule has 8 heteroatoms. The summed E-state index contributed by atoms with van der Waals surface area (Å²) < 4.78 is 12.6. The number of rotatable bonds is 7. The summed E-state index contributed by atoms with van der Waals surface area (Å²) in [6, 6.07) is 14.6. The van der Waals surface area contributed by atoms with E-state index in [-0.39, 0.29) is 17.1 Å². The third-order valence-corrected chi connectivity index (χ3v) is 5.16. The van der Waals surface area contributed by atoms with Crippen LogP contribution in [-0.4, -0.2) is 25.9 Å². The molecule has 0 aliphatic rings. The van der Waals surface area contributed by atoms with Crippen molar-refractivity contribution in [2.75, 3.05) is 0 Å². The molecule has 4 aromatic rings. The Hall–Kier alpha value is -3.81. The third kappa shape index (κ3) is 4.30. The molecule has 0 aliphatic carbocycles. The number of hydrogen-bond donors (Lipinski definition) is 0. The lowest BCUT2D eigenvalue weighted by Crippen LogP contribution is -2.27. The molecule has 0 amide bonds. The number of carbonyl (C=O) groups excluding carboxylic acids is 1. The summed E-state index contributed by atoms with van der Waals surface area (Å²) in [4.78, 5) is 25.7. The number of aryl methyl sites for hydroxylation is 2. The number of unbranched alkanes of at least 4 members (excludes halogenated alkanes) is 1. The van der Waals surface area contributed by atoms with Crippen molar-refractivity contribution in [2.45, 2.75) is 46.3 Å². The van der Waals surface area contributed by atoms with Crippen LogP contribution < -0.4 is 5.56 Å². The van der Waals surface area contributed by atoms with Crippen molar-refractivity contribution in [3.05, 3.63) is 76.0 Å². The van der Waals surface area contributed by atoms with Gasteiger partial charge in [0.1, 0.15) is 0 Å². The van der Waals surface area contributed by atoms with E-state index in [1.807, 2.05) is 38.1 Å². The van der Waals surface area contributed by atoms with Gasteiger partial charge in [0.15, 0.2) is 11.8 Å². The number of benzene rings is 2. The molecule has 1 unspecified atom stereocenters. The summed E-state index contributed by atoms with van der Waals surface area (Å²) in [6.45, 7) is 6.10. The Bertz CT molecular complexity index is 1310. The number of ether oxygens (including phenoxy) is 1. The molecule has 2 aromatic heterocycles. The fourth-order valence-corrected chi connectivity index (χ4v) is 3.32. The maximum absolute atomic E-state index is 13.0. The zero-order valence-electron chi connectivity index (χ0n) is 18.2. The third-order valence-electron chi connectivity index (χ3n) is 5.16. The first-order valence-electron chi connectivity index (χ1n) is 10.6. The molecule has 0 saturated heterocycles. The normalized spacial score (nSPS) is 12.1. The molecular weight excluding hydrogens is 408 g/mol. The number of nitrogens with zero attached hydrogens (tertiary/aromatic N) is 4. The van der Waals surface area contributed by atoms with E-state index in [0.717, 1.165) is 24.0 Å². The molecule has 0 radical (unpaired) electrons. The SMILES string of the molecule is CCCCn1nc(C(=O)OC(C)c2nnc(-c3ccc(C)cc3)o2)c2ccccc2c1=O. The first kappa shape index (κ1) is 21.4. The Kier molecular flexibility index (Phi) is 6.11. The van der Waals surface area contributed by atoms with E-state index < -0.39 is 12.1 Å². The van der Waals surface area contributed by atoms with Crippen LogP contribution in [0.3, 0.4) is 0 Å². The quantitative estimate of drug-likeness (QED) is 0.397. The second-order valence-electron chi connectivity index (χ2n) is 7.64. The minimum atomic E-state index is -0.786. The highest BCUT2D eigenvalue weighted by atomic mass is 16.6. The Labute approximate surface area is 184 Å². The van der Waals surface area contributed by atoms with E-state index in [0.29, 0.717) is 23.2 Å². The Morgan fingerprint density at radius 2 is 1.81 bits per heavy atom. The van der Waals surface area contributed by atoms with E-state index >= 15 is 0 Å². The van der Waals surface area contributed by atoms with Crippen molar-refractivity contribution in [1.82, 2.24) is 20.0 Å². The average Bonchev–Trinajstić information content (AvgIpc) is 3.30. The first-order valence-corrected chi connectivity index (χ1v) is 10.6. The molecule has 0 spiro atoms. The molecule has 32 heavy (non-hydrogen) atoms. The van der Waals surface area contributed by atoms with Gasteiger partial charge in [-0.1, -0.05) is 49.2 Å². The summed E-state index contributed by atoms with van der Waals surface area (Å²) in [5.41, 5.74) is 1.76. The molecule has 0 saturated carbocycles. The highest BCUT2D eigenvalue weighted by Crippen LogP contribution is 2.24. The molecule has 2 aromatic carbocycles. The molecule has 2 heterocycles. The van der Waals surface area contributed by atoms with Gasteiger partial charge in [-0.05, 0) is 38.5 Å². The van der Waals surface area contributed by atoms with Crippen LogP contribution in [0, 0.1) is 6.92 Å². The van der Waals surface area contributed by atoms with Crippen molar-refractivity contribution >= 4 is 16.7 Å². The Morgan fingerprint density at radius 1 is 1.09 bits per heavy atom. The highest BCUT2D eigenvalue weighted by Gasteiger charge is 2.23. The predicted octanol–water partition coefficient (Wildman–Crippen LogP) is 4.47. The standard InChI is InChI=1S/C24H24N4O4/c1-4-5-14-28-23(29)19-9-7-6-8-18(19)20(27-28)24(30)31-16(3)21-25-26-22(32-21)17-12-10-15(2)11-13-17/h6-13,16H,4-5,14H2,1-3H3. The van der Waals surface area contributed by atoms with Gasteiger partial charge in [-0.2, -0.15) is 5.10 Å². The minimum absolute atomic E-state index is 0.0847. The Morgan fingerprint density at radius 3 is 2.53 bits per heavy atom. The van der Waals surface area contributed by atoms with Crippen molar-refractivity contribution < 1.29 is 13.9 Å². The maximum Gasteiger partial charge on any atom is 0.360 e. The van der Waals surface area contributed by atoms with E-state index in [2.05, 4.69) is 15.3 Å². The lowest BCUT2D eigenvalue weighted by atomic mass is 10.1. The zero-order chi connectivity index (χ0) is 22.7. The smallest absolute Gasteiger partial charge is 0.360 e. The summed E-state index contributed by atoms with van der Waals surface area (Å²) in [5, 5.41) is 13.3. The van der Waals surface area contributed by atoms with Gasteiger partial charge in [0.05, 0.1) is 5.39 Å². The number of fused-ring (bicyclic) bond motifs is 1. The number of aromatic nitrogens is 4. The predicted molar refractivity (Wildman–Crippen MR) is 119 cm³/mol. The van der Waals surface area contributed by atoms with Crippen LogP contribution in [-0.2, 0) is 11.3 Å². The van der Waals surface area contributed by atoms with Crippen LogP contribution in [0.1, 0.15) is 54.7 Å². The molecule has 0 N–H and O–H groups in total. The van der Waals surface area contributed by atoms with Crippen LogP contribution >= 0.6 is 0 Å². The summed E-state index contributed by atoms with van der Waals surface area (Å²) in [5.74, 6) is -0.133. The average molecular weight is 432 g/mol. The minimum Gasteiger partial charge on any atom is -0.448 e. The van der Waals surface area contributed by atoms with Crippen molar-refractivity contribution in [1.29, 1.82) is 0 Å². The van der Waals surface area contributed by atoms with Crippen LogP contribution in [0.4, 0.5) is 0 Å². The molecule has 0 fully saturated rings. The molecule has 0 aliphatic heterocycles. The maximum atomic E-state index is 13.0. The molecule has 0 bridgehead atoms. The fraction of sp³-hybridized carbons (Fsp3) is 0.292. The largest absolute Gasteiger partial charge is 0.448 e. The van der Waals surface area contributed by atoms with Crippen molar-refractivity contribution in [3.63, 3.8) is 0 Å². The van der Waals surface area contributed by atoms with E-state index in [9.17, 15) is 9.59 Å². The first-order chi connectivity index (χ1) is 15.5. The van der Waals surface area contributed by atoms with E-state index in [1.165, 1.54) is 4.68 Å². The van der Waals surface area contributed by atoms with Gasteiger partial charge < -0.3 is 9.15 Å². The molecule has 1 atom stereocenters. The van der Waals surface area contributed by atoms with Crippen molar-refractivity contribution in [3.8, 4) is 11.5 Å². The lowest BCUT2D eigenvalue weighted by Gasteiger charge is -2.12. The summed E-state index contributed by atoms with van der Waals surface area (Å²) >= 11 is 0. The van der Waals surface area contributed by atoms with Crippen LogP contribution in [0.15, 0.2) is 57.7 Å². The fourth-order valence-electron chi connectivity index (χ4n) is 3.32. The van der Waals surface area contributed by atoms with Crippen LogP contribution in [0.2, 0.25) is 0 Å². The van der Waals surface area contributed by atoms with E-state index in [4.69, 9.17) is 9.15 Å². The zero-order valence-corrected chi connectivity index (χ0v) is 18.2. The van der Waals surface area contributed by atoms with Gasteiger partial charge in [0.2, 0.25) is 5.89 Å². The molecular formula is C24H24N4O4. The lowest BCUT2D eigenvalue weighted by molar-refractivity contribution is 0.0272.